The average Bonchev–Trinajstić information content (AvgIpc) is 2.53. The zero-order chi connectivity index (χ0) is 15.9. The molecule has 1 aliphatic rings. The first-order chi connectivity index (χ1) is 10.6. The van der Waals surface area contributed by atoms with E-state index in [1.807, 2.05) is 18.2 Å². The van der Waals surface area contributed by atoms with Crippen LogP contribution in [-0.4, -0.2) is 29.4 Å². The minimum absolute atomic E-state index is 0.109. The maximum absolute atomic E-state index is 12.0. The predicted molar refractivity (Wildman–Crippen MR) is 81.2 cm³/mol. The van der Waals surface area contributed by atoms with E-state index in [0.29, 0.717) is 24.9 Å². The van der Waals surface area contributed by atoms with Crippen molar-refractivity contribution in [3.8, 4) is 0 Å². The zero-order valence-electron chi connectivity index (χ0n) is 12.2. The van der Waals surface area contributed by atoms with Crippen LogP contribution in [0.4, 0.5) is 5.69 Å². The summed E-state index contributed by atoms with van der Waals surface area (Å²) in [6, 6.07) is 8.99. The quantitative estimate of drug-likeness (QED) is 0.770. The third kappa shape index (κ3) is 4.58. The molecule has 0 radical (unpaired) electrons. The summed E-state index contributed by atoms with van der Waals surface area (Å²) in [5.41, 5.74) is 0.672. The van der Waals surface area contributed by atoms with Crippen LogP contribution >= 0.6 is 0 Å². The van der Waals surface area contributed by atoms with E-state index >= 15 is 0 Å². The standard InChI is InChI=1S/C16H20N2O4/c19-14(18-13-7-2-1-3-8-13)10-17-15(20)11-5-4-6-12(9-11)16(21)22/h1-3,7-8,11-12H,4-6,9-10H2,(H,17,20)(H,18,19)(H,21,22). The number of aliphatic carboxylic acids is 1. The van der Waals surface area contributed by atoms with E-state index in [2.05, 4.69) is 10.6 Å². The molecule has 1 aromatic rings. The lowest BCUT2D eigenvalue weighted by Gasteiger charge is -2.25. The fraction of sp³-hybridized carbons (Fsp3) is 0.438. The fourth-order valence-corrected chi connectivity index (χ4v) is 2.69. The van der Waals surface area contributed by atoms with Gasteiger partial charge in [0.05, 0.1) is 12.5 Å². The van der Waals surface area contributed by atoms with E-state index in [4.69, 9.17) is 5.11 Å². The molecule has 0 saturated heterocycles. The van der Waals surface area contributed by atoms with Crippen molar-refractivity contribution < 1.29 is 19.5 Å². The highest BCUT2D eigenvalue weighted by molar-refractivity contribution is 5.94. The Morgan fingerprint density at radius 1 is 1.09 bits per heavy atom. The van der Waals surface area contributed by atoms with Gasteiger partial charge in [-0.2, -0.15) is 0 Å². The number of hydrogen-bond donors (Lipinski definition) is 3. The van der Waals surface area contributed by atoms with Gasteiger partial charge in [-0.3, -0.25) is 14.4 Å². The highest BCUT2D eigenvalue weighted by atomic mass is 16.4. The number of anilines is 1. The number of amides is 2. The number of nitrogens with one attached hydrogen (secondary N) is 2. The van der Waals surface area contributed by atoms with Crippen molar-refractivity contribution >= 4 is 23.5 Å². The Labute approximate surface area is 128 Å². The molecule has 0 spiro atoms. The van der Waals surface area contributed by atoms with Gasteiger partial charge in [0.15, 0.2) is 0 Å². The SMILES string of the molecule is O=C(CNC(=O)C1CCCC(C(=O)O)C1)Nc1ccccc1. The maximum Gasteiger partial charge on any atom is 0.306 e. The van der Waals surface area contributed by atoms with Crippen molar-refractivity contribution in [3.63, 3.8) is 0 Å². The lowest BCUT2D eigenvalue weighted by atomic mass is 9.81. The number of carboxylic acid groups (broad SMARTS) is 1. The van der Waals surface area contributed by atoms with Crippen LogP contribution < -0.4 is 10.6 Å². The number of benzene rings is 1. The van der Waals surface area contributed by atoms with E-state index in [9.17, 15) is 14.4 Å². The van der Waals surface area contributed by atoms with E-state index in [1.165, 1.54) is 0 Å². The molecule has 6 heteroatoms. The Morgan fingerprint density at radius 3 is 2.45 bits per heavy atom. The number of rotatable bonds is 5. The summed E-state index contributed by atoms with van der Waals surface area (Å²) in [5, 5.41) is 14.3. The Bertz CT molecular complexity index is 544. The highest BCUT2D eigenvalue weighted by Crippen LogP contribution is 2.29. The van der Waals surface area contributed by atoms with E-state index < -0.39 is 11.9 Å². The Morgan fingerprint density at radius 2 is 1.77 bits per heavy atom. The van der Waals surface area contributed by atoms with Gasteiger partial charge in [-0.05, 0) is 31.4 Å². The highest BCUT2D eigenvalue weighted by Gasteiger charge is 2.30. The van der Waals surface area contributed by atoms with Gasteiger partial charge in [0, 0.05) is 11.6 Å². The molecule has 2 atom stereocenters. The van der Waals surface area contributed by atoms with E-state index in [1.54, 1.807) is 12.1 Å². The third-order valence-electron chi connectivity index (χ3n) is 3.87. The van der Waals surface area contributed by atoms with Crippen molar-refractivity contribution in [2.75, 3.05) is 11.9 Å². The van der Waals surface area contributed by atoms with Gasteiger partial charge < -0.3 is 15.7 Å². The molecule has 1 saturated carbocycles. The molecule has 1 fully saturated rings. The topological polar surface area (TPSA) is 95.5 Å². The molecule has 6 nitrogen and oxygen atoms in total. The van der Waals surface area contributed by atoms with E-state index in [0.717, 1.165) is 6.42 Å². The molecular weight excluding hydrogens is 284 g/mol. The van der Waals surface area contributed by atoms with Crippen molar-refractivity contribution in [3.05, 3.63) is 30.3 Å². The number of carbonyl (C=O) groups excluding carboxylic acids is 2. The molecule has 2 rings (SSSR count). The Balaban J connectivity index is 1.77. The summed E-state index contributed by atoms with van der Waals surface area (Å²) in [5.74, 6) is -2.17. The van der Waals surface area contributed by atoms with Crippen molar-refractivity contribution in [1.82, 2.24) is 5.32 Å². The molecular formula is C16H20N2O4. The molecule has 2 amide bonds. The van der Waals surface area contributed by atoms with Gasteiger partial charge in [0.1, 0.15) is 0 Å². The first-order valence-corrected chi connectivity index (χ1v) is 7.41. The zero-order valence-corrected chi connectivity index (χ0v) is 12.2. The van der Waals surface area contributed by atoms with Gasteiger partial charge in [0.2, 0.25) is 11.8 Å². The molecule has 3 N–H and O–H groups in total. The van der Waals surface area contributed by atoms with Crippen molar-refractivity contribution in [1.29, 1.82) is 0 Å². The lowest BCUT2D eigenvalue weighted by Crippen LogP contribution is -2.39. The summed E-state index contributed by atoms with van der Waals surface area (Å²) in [7, 11) is 0. The number of carbonyl (C=O) groups is 3. The Hall–Kier alpha value is -2.37. The smallest absolute Gasteiger partial charge is 0.306 e. The minimum atomic E-state index is -0.848. The molecule has 0 aromatic heterocycles. The van der Waals surface area contributed by atoms with Gasteiger partial charge in [0.25, 0.3) is 0 Å². The first kappa shape index (κ1) is 16.0. The van der Waals surface area contributed by atoms with Crippen LogP contribution in [0, 0.1) is 11.8 Å². The van der Waals surface area contributed by atoms with Gasteiger partial charge in [-0.25, -0.2) is 0 Å². The van der Waals surface area contributed by atoms with Gasteiger partial charge >= 0.3 is 5.97 Å². The molecule has 2 unspecified atom stereocenters. The molecule has 0 aliphatic heterocycles. The van der Waals surface area contributed by atoms with Gasteiger partial charge in [-0.15, -0.1) is 0 Å². The largest absolute Gasteiger partial charge is 0.481 e. The monoisotopic (exact) mass is 304 g/mol. The molecule has 22 heavy (non-hydrogen) atoms. The summed E-state index contributed by atoms with van der Waals surface area (Å²) in [6.07, 6.45) is 2.37. The fourth-order valence-electron chi connectivity index (χ4n) is 2.69. The van der Waals surface area contributed by atoms with Crippen LogP contribution in [-0.2, 0) is 14.4 Å². The molecule has 0 heterocycles. The second-order valence-corrected chi connectivity index (χ2v) is 5.53. The van der Waals surface area contributed by atoms with Crippen molar-refractivity contribution in [2.45, 2.75) is 25.7 Å². The minimum Gasteiger partial charge on any atom is -0.481 e. The van der Waals surface area contributed by atoms with Crippen LogP contribution in [0.25, 0.3) is 0 Å². The van der Waals surface area contributed by atoms with Crippen LogP contribution in [0.3, 0.4) is 0 Å². The Kier molecular flexibility index (Phi) is 5.52. The summed E-state index contributed by atoms with van der Waals surface area (Å²) >= 11 is 0. The molecule has 118 valence electrons. The van der Waals surface area contributed by atoms with Crippen molar-refractivity contribution in [2.24, 2.45) is 11.8 Å². The summed E-state index contributed by atoms with van der Waals surface area (Å²) in [6.45, 7) is -0.109. The van der Waals surface area contributed by atoms with Crippen LogP contribution in [0.2, 0.25) is 0 Å². The second-order valence-electron chi connectivity index (χ2n) is 5.53. The van der Waals surface area contributed by atoms with Crippen LogP contribution in [0.5, 0.6) is 0 Å². The van der Waals surface area contributed by atoms with Crippen LogP contribution in [0.15, 0.2) is 30.3 Å². The molecule has 0 bridgehead atoms. The van der Waals surface area contributed by atoms with Gasteiger partial charge in [-0.1, -0.05) is 24.6 Å². The van der Waals surface area contributed by atoms with E-state index in [-0.39, 0.29) is 24.3 Å². The number of hydrogen-bond acceptors (Lipinski definition) is 3. The average molecular weight is 304 g/mol. The number of carboxylic acids is 1. The molecule has 1 aliphatic carbocycles. The summed E-state index contributed by atoms with van der Waals surface area (Å²) < 4.78 is 0. The predicted octanol–water partition coefficient (Wildman–Crippen LogP) is 1.63. The second kappa shape index (κ2) is 7.59. The maximum atomic E-state index is 12.0. The molecule has 1 aromatic carbocycles. The van der Waals surface area contributed by atoms with Crippen LogP contribution in [0.1, 0.15) is 25.7 Å². The first-order valence-electron chi connectivity index (χ1n) is 7.41. The normalized spacial score (nSPS) is 20.9. The lowest BCUT2D eigenvalue weighted by molar-refractivity contribution is -0.144. The summed E-state index contributed by atoms with van der Waals surface area (Å²) in [4.78, 5) is 34.8. The third-order valence-corrected chi connectivity index (χ3v) is 3.87. The number of para-hydroxylation sites is 1.